The van der Waals surface area contributed by atoms with Crippen LogP contribution in [0.1, 0.15) is 64.2 Å². The minimum absolute atomic E-state index is 0.0596. The average molecular weight is 633 g/mol. The first kappa shape index (κ1) is 37.0. The summed E-state index contributed by atoms with van der Waals surface area (Å²) >= 11 is 0. The molecule has 0 aliphatic heterocycles. The highest BCUT2D eigenvalue weighted by Crippen LogP contribution is 2.37. The Bertz CT molecular complexity index is 1590. The Kier molecular flexibility index (Phi) is 14.2. The lowest BCUT2D eigenvalue weighted by atomic mass is 9.98. The van der Waals surface area contributed by atoms with Crippen molar-refractivity contribution >= 4 is 17.0 Å². The van der Waals surface area contributed by atoms with Gasteiger partial charge in [0.15, 0.2) is 5.96 Å². The van der Waals surface area contributed by atoms with E-state index >= 15 is 4.39 Å². The van der Waals surface area contributed by atoms with E-state index in [0.29, 0.717) is 42.7 Å². The summed E-state index contributed by atoms with van der Waals surface area (Å²) in [6, 6.07) is 10.7. The van der Waals surface area contributed by atoms with Crippen LogP contribution < -0.4 is 28.2 Å². The van der Waals surface area contributed by atoms with Gasteiger partial charge in [0.1, 0.15) is 11.5 Å². The molecule has 0 radical (unpaired) electrons. The van der Waals surface area contributed by atoms with Crippen molar-refractivity contribution in [3.8, 4) is 16.9 Å². The van der Waals surface area contributed by atoms with Crippen LogP contribution in [0, 0.1) is 5.82 Å². The molecule has 8 N–H and O–H groups in total. The Hall–Kier alpha value is -4.23. The van der Waals surface area contributed by atoms with Crippen LogP contribution >= 0.6 is 0 Å². The van der Waals surface area contributed by atoms with E-state index in [4.69, 9.17) is 17.2 Å². The van der Waals surface area contributed by atoms with Gasteiger partial charge in [-0.05, 0) is 74.2 Å². The number of rotatable bonds is 11. The van der Waals surface area contributed by atoms with Crippen LogP contribution in [-0.2, 0) is 19.1 Å². The molecule has 9 nitrogen and oxygen atoms in total. The molecule has 4 aromatic rings. The number of fused-ring (bicyclic) bond motifs is 1. The predicted molar refractivity (Wildman–Crippen MR) is 174 cm³/mol. The first-order chi connectivity index (χ1) is 21.4. The molecule has 0 unspecified atom stereocenters. The molecule has 1 atom stereocenters. The standard InChI is InChI=1S/C28H32F4N8O.2C2H6/c1-16(33)3-4-18-11-21(24(29)22(12-18)28(30,31)32)23-13-19-15-40(27(41)39-25(19)38-23)20-7-5-17(6-8-20)14-36-9-2-10-37-26(34)35;2*1-2/h5-8,11-13,15-16,36H,2-4,9-10,14,33H2,1H3,(H4,34,35,37)(H,38,39,41);2*1-2H3/t16-;;/m0../s1. The third kappa shape index (κ3) is 10.4. The van der Waals surface area contributed by atoms with Crippen LogP contribution in [0.3, 0.4) is 0 Å². The van der Waals surface area contributed by atoms with Crippen LogP contribution in [0.4, 0.5) is 17.6 Å². The predicted octanol–water partition coefficient (Wildman–Crippen LogP) is 5.62. The fraction of sp³-hybridized carbons (Fsp3) is 0.406. The summed E-state index contributed by atoms with van der Waals surface area (Å²) in [5, 5.41) is 3.71. The summed E-state index contributed by atoms with van der Waals surface area (Å²) in [6.45, 7) is 11.6. The largest absolute Gasteiger partial charge is 0.419 e. The Morgan fingerprint density at radius 1 is 1.07 bits per heavy atom. The summed E-state index contributed by atoms with van der Waals surface area (Å²) in [7, 11) is 0. The molecule has 246 valence electrons. The monoisotopic (exact) mass is 632 g/mol. The maximum atomic E-state index is 15.1. The second kappa shape index (κ2) is 17.3. The zero-order valence-corrected chi connectivity index (χ0v) is 26.4. The smallest absolute Gasteiger partial charge is 0.370 e. The van der Waals surface area contributed by atoms with E-state index in [2.05, 4.69) is 20.3 Å². The van der Waals surface area contributed by atoms with Gasteiger partial charge in [-0.1, -0.05) is 39.8 Å². The summed E-state index contributed by atoms with van der Waals surface area (Å²) in [5.41, 5.74) is 16.2. The number of alkyl halides is 3. The Balaban J connectivity index is 0.00000169. The van der Waals surface area contributed by atoms with E-state index in [-0.39, 0.29) is 35.3 Å². The minimum atomic E-state index is -4.88. The number of aromatic nitrogens is 3. The van der Waals surface area contributed by atoms with Crippen LogP contribution in [0.2, 0.25) is 0 Å². The minimum Gasteiger partial charge on any atom is -0.370 e. The number of benzene rings is 2. The first-order valence-electron chi connectivity index (χ1n) is 15.1. The third-order valence-electron chi connectivity index (χ3n) is 6.47. The number of hydrogen-bond acceptors (Lipinski definition) is 5. The quantitative estimate of drug-likeness (QED) is 0.0626. The molecular weight excluding hydrogens is 588 g/mol. The van der Waals surface area contributed by atoms with E-state index in [1.807, 2.05) is 39.8 Å². The van der Waals surface area contributed by atoms with Crippen LogP contribution in [0.25, 0.3) is 28.0 Å². The molecule has 2 aromatic carbocycles. The summed E-state index contributed by atoms with van der Waals surface area (Å²) < 4.78 is 57.4. The van der Waals surface area contributed by atoms with Gasteiger partial charge in [0, 0.05) is 36.3 Å². The van der Waals surface area contributed by atoms with E-state index in [9.17, 15) is 18.0 Å². The van der Waals surface area contributed by atoms with Gasteiger partial charge in [-0.25, -0.2) is 9.18 Å². The fourth-order valence-corrected chi connectivity index (χ4v) is 4.37. The second-order valence-corrected chi connectivity index (χ2v) is 9.90. The van der Waals surface area contributed by atoms with Crippen molar-refractivity contribution < 1.29 is 17.6 Å². The van der Waals surface area contributed by atoms with Crippen molar-refractivity contribution in [2.75, 3.05) is 13.1 Å². The van der Waals surface area contributed by atoms with Crippen LogP contribution in [0.5, 0.6) is 0 Å². The number of guanidine groups is 1. The molecule has 0 amide bonds. The lowest BCUT2D eigenvalue weighted by molar-refractivity contribution is -0.140. The lowest BCUT2D eigenvalue weighted by Crippen LogP contribution is -2.23. The Morgan fingerprint density at radius 2 is 1.73 bits per heavy atom. The molecule has 0 bridgehead atoms. The highest BCUT2D eigenvalue weighted by atomic mass is 19.4. The average Bonchev–Trinajstić information content (AvgIpc) is 3.42. The molecule has 13 heteroatoms. The number of aryl methyl sites for hydroxylation is 1. The molecule has 0 aliphatic carbocycles. The fourth-order valence-electron chi connectivity index (χ4n) is 4.37. The van der Waals surface area contributed by atoms with Crippen molar-refractivity contribution in [1.29, 1.82) is 0 Å². The molecule has 4 rings (SSSR count). The van der Waals surface area contributed by atoms with Gasteiger partial charge in [0.05, 0.1) is 16.9 Å². The van der Waals surface area contributed by atoms with Gasteiger partial charge in [0.2, 0.25) is 0 Å². The van der Waals surface area contributed by atoms with Crippen molar-refractivity contribution in [3.05, 3.63) is 81.7 Å². The summed E-state index contributed by atoms with van der Waals surface area (Å²) in [4.78, 5) is 23.6. The van der Waals surface area contributed by atoms with E-state index < -0.39 is 23.2 Å². The molecule has 2 aromatic heterocycles. The van der Waals surface area contributed by atoms with Crippen molar-refractivity contribution in [3.63, 3.8) is 0 Å². The molecular formula is C32H44F4N8O. The number of hydrogen-bond donors (Lipinski definition) is 5. The van der Waals surface area contributed by atoms with Crippen LogP contribution in [-0.4, -0.2) is 39.6 Å². The summed E-state index contributed by atoms with van der Waals surface area (Å²) in [5.74, 6) is -1.34. The zero-order chi connectivity index (χ0) is 33.7. The van der Waals surface area contributed by atoms with Crippen LogP contribution in [0.15, 0.2) is 58.4 Å². The highest BCUT2D eigenvalue weighted by molar-refractivity contribution is 5.83. The van der Waals surface area contributed by atoms with Gasteiger partial charge in [-0.15, -0.1) is 0 Å². The molecule has 2 heterocycles. The van der Waals surface area contributed by atoms with Gasteiger partial charge in [-0.2, -0.15) is 18.2 Å². The normalized spacial score (nSPS) is 11.7. The van der Waals surface area contributed by atoms with E-state index in [1.165, 1.54) is 22.9 Å². The zero-order valence-electron chi connectivity index (χ0n) is 26.4. The molecule has 0 fully saturated rings. The van der Waals surface area contributed by atoms with Gasteiger partial charge in [-0.3, -0.25) is 9.56 Å². The number of aromatic amines is 1. The molecule has 0 spiro atoms. The van der Waals surface area contributed by atoms with Gasteiger partial charge < -0.3 is 27.5 Å². The number of nitrogens with two attached hydrogens (primary N) is 3. The maximum absolute atomic E-state index is 15.1. The molecule has 0 saturated carbocycles. The number of aliphatic imine (C=N–C) groups is 1. The maximum Gasteiger partial charge on any atom is 0.419 e. The molecule has 0 aliphatic rings. The van der Waals surface area contributed by atoms with Crippen molar-refractivity contribution in [1.82, 2.24) is 19.9 Å². The topological polar surface area (TPSA) is 153 Å². The van der Waals surface area contributed by atoms with Gasteiger partial charge in [0.25, 0.3) is 0 Å². The lowest BCUT2D eigenvalue weighted by Gasteiger charge is -2.14. The van der Waals surface area contributed by atoms with Crippen molar-refractivity contribution in [2.45, 2.75) is 72.6 Å². The van der Waals surface area contributed by atoms with E-state index in [1.54, 1.807) is 19.1 Å². The Morgan fingerprint density at radius 3 is 2.33 bits per heavy atom. The third-order valence-corrected chi connectivity index (χ3v) is 6.47. The number of H-pyrrole nitrogens is 1. The van der Waals surface area contributed by atoms with Crippen molar-refractivity contribution in [2.24, 2.45) is 22.2 Å². The highest BCUT2D eigenvalue weighted by Gasteiger charge is 2.36. The number of nitrogens with one attached hydrogen (secondary N) is 2. The molecule has 0 saturated heterocycles. The van der Waals surface area contributed by atoms with E-state index in [0.717, 1.165) is 18.1 Å². The number of halogens is 4. The second-order valence-electron chi connectivity index (χ2n) is 9.90. The van der Waals surface area contributed by atoms with Gasteiger partial charge >= 0.3 is 11.9 Å². The summed E-state index contributed by atoms with van der Waals surface area (Å²) in [6.07, 6.45) is -1.91. The SMILES string of the molecule is CC.CC.C[C@H](N)CCc1cc(-c2cc3cn(-c4ccc(CNCCCN=C(N)N)cc4)c(=O)nc3[nH]2)c(F)c(C(F)(F)F)c1. The Labute approximate surface area is 260 Å². The first-order valence-corrected chi connectivity index (χ1v) is 15.1. The molecule has 45 heavy (non-hydrogen) atoms. The number of nitrogens with zero attached hydrogens (tertiary/aromatic N) is 3.